The van der Waals surface area contributed by atoms with Crippen molar-refractivity contribution in [1.29, 1.82) is 0 Å². The van der Waals surface area contributed by atoms with Gasteiger partial charge in [0.15, 0.2) is 6.10 Å². The van der Waals surface area contributed by atoms with Crippen LogP contribution in [0.2, 0.25) is 0 Å². The number of fused-ring (bicyclic) bond motifs is 1. The molecule has 1 saturated carbocycles. The Kier molecular flexibility index (Phi) is 4.77. The number of rotatable bonds is 5. The van der Waals surface area contributed by atoms with E-state index in [1.165, 1.54) is 25.1 Å². The summed E-state index contributed by atoms with van der Waals surface area (Å²) in [5, 5.41) is 3.24. The number of nitrogens with one attached hydrogen (secondary N) is 1. The second-order valence-electron chi connectivity index (χ2n) is 6.93. The molecule has 2 aromatic carbocycles. The van der Waals surface area contributed by atoms with Gasteiger partial charge in [0.1, 0.15) is 5.82 Å². The van der Waals surface area contributed by atoms with E-state index in [2.05, 4.69) is 10.3 Å². The number of benzene rings is 2. The van der Waals surface area contributed by atoms with E-state index in [9.17, 15) is 14.0 Å². The number of aromatic nitrogens is 1. The molecule has 5 nitrogen and oxygen atoms in total. The van der Waals surface area contributed by atoms with Crippen LogP contribution in [0, 0.1) is 5.82 Å². The van der Waals surface area contributed by atoms with Gasteiger partial charge in [0, 0.05) is 22.7 Å². The Hall–Kier alpha value is -3.28. The van der Waals surface area contributed by atoms with Gasteiger partial charge >= 0.3 is 5.97 Å². The molecule has 142 valence electrons. The Bertz CT molecular complexity index is 1060. The zero-order chi connectivity index (χ0) is 19.7. The van der Waals surface area contributed by atoms with Crippen LogP contribution < -0.4 is 5.32 Å². The highest BCUT2D eigenvalue weighted by Gasteiger charge is 2.28. The van der Waals surface area contributed by atoms with Crippen molar-refractivity contribution in [2.45, 2.75) is 31.8 Å². The SMILES string of the molecule is CC(OC(=O)c1cc(C2CC2)nc2ccccc12)C(=O)Nc1cccc(F)c1. The zero-order valence-electron chi connectivity index (χ0n) is 15.3. The third-order valence-corrected chi connectivity index (χ3v) is 4.70. The quantitative estimate of drug-likeness (QED) is 0.667. The summed E-state index contributed by atoms with van der Waals surface area (Å²) in [4.78, 5) is 29.7. The van der Waals surface area contributed by atoms with Crippen LogP contribution >= 0.6 is 0 Å². The second-order valence-corrected chi connectivity index (χ2v) is 6.93. The third-order valence-electron chi connectivity index (χ3n) is 4.70. The fraction of sp³-hybridized carbons (Fsp3) is 0.227. The van der Waals surface area contributed by atoms with E-state index < -0.39 is 23.8 Å². The largest absolute Gasteiger partial charge is 0.449 e. The lowest BCUT2D eigenvalue weighted by atomic mass is 10.1. The first-order valence-corrected chi connectivity index (χ1v) is 9.18. The number of pyridine rings is 1. The summed E-state index contributed by atoms with van der Waals surface area (Å²) in [6.07, 6.45) is 1.09. The average molecular weight is 378 g/mol. The lowest BCUT2D eigenvalue weighted by Gasteiger charge is -2.15. The van der Waals surface area contributed by atoms with Gasteiger partial charge in [-0.15, -0.1) is 0 Å². The number of amides is 1. The minimum absolute atomic E-state index is 0.304. The third kappa shape index (κ3) is 3.86. The van der Waals surface area contributed by atoms with Crippen LogP contribution in [-0.2, 0) is 9.53 Å². The number of esters is 1. The molecule has 1 N–H and O–H groups in total. The predicted molar refractivity (Wildman–Crippen MR) is 104 cm³/mol. The molecule has 1 atom stereocenters. The van der Waals surface area contributed by atoms with E-state index in [1.807, 2.05) is 24.3 Å². The predicted octanol–water partition coefficient (Wildman–Crippen LogP) is 4.44. The standard InChI is InChI=1S/C22H19FN2O3/c1-13(21(26)24-16-6-4-5-15(23)11-16)28-22(27)18-12-20(14-9-10-14)25-19-8-3-2-7-17(18)19/h2-8,11-14H,9-10H2,1H3,(H,24,26). The van der Waals surface area contributed by atoms with Gasteiger partial charge in [0.05, 0.1) is 11.1 Å². The Morgan fingerprint density at radius 2 is 1.93 bits per heavy atom. The minimum Gasteiger partial charge on any atom is -0.449 e. The van der Waals surface area contributed by atoms with Gasteiger partial charge in [0.25, 0.3) is 5.91 Å². The van der Waals surface area contributed by atoms with Crippen LogP contribution in [0.25, 0.3) is 10.9 Å². The molecule has 4 rings (SSSR count). The molecular weight excluding hydrogens is 359 g/mol. The number of nitrogens with zero attached hydrogens (tertiary/aromatic N) is 1. The number of carbonyl (C=O) groups is 2. The molecule has 1 unspecified atom stereocenters. The molecule has 1 aromatic heterocycles. The fourth-order valence-electron chi connectivity index (χ4n) is 3.04. The van der Waals surface area contributed by atoms with E-state index in [0.29, 0.717) is 22.6 Å². The van der Waals surface area contributed by atoms with Gasteiger partial charge < -0.3 is 10.1 Å². The summed E-state index contributed by atoms with van der Waals surface area (Å²) in [7, 11) is 0. The molecule has 1 aliphatic carbocycles. The van der Waals surface area contributed by atoms with Gasteiger partial charge in [-0.3, -0.25) is 9.78 Å². The summed E-state index contributed by atoms with van der Waals surface area (Å²) >= 11 is 0. The van der Waals surface area contributed by atoms with Gasteiger partial charge in [-0.2, -0.15) is 0 Å². The number of carbonyl (C=O) groups excluding carboxylic acids is 2. The minimum atomic E-state index is -1.04. The maximum absolute atomic E-state index is 13.3. The molecular formula is C22H19FN2O3. The summed E-state index contributed by atoms with van der Waals surface area (Å²) < 4.78 is 18.7. The Labute approximate surface area is 161 Å². The van der Waals surface area contributed by atoms with E-state index >= 15 is 0 Å². The lowest BCUT2D eigenvalue weighted by Crippen LogP contribution is -2.30. The molecule has 0 aliphatic heterocycles. The van der Waals surface area contributed by atoms with Crippen molar-refractivity contribution < 1.29 is 18.7 Å². The normalized spacial score (nSPS) is 14.5. The fourth-order valence-corrected chi connectivity index (χ4v) is 3.04. The van der Waals surface area contributed by atoms with Crippen LogP contribution in [0.5, 0.6) is 0 Å². The maximum Gasteiger partial charge on any atom is 0.339 e. The summed E-state index contributed by atoms with van der Waals surface area (Å²) in [6, 6.07) is 14.7. The van der Waals surface area contributed by atoms with E-state index in [-0.39, 0.29) is 0 Å². The van der Waals surface area contributed by atoms with Gasteiger partial charge in [-0.1, -0.05) is 24.3 Å². The highest BCUT2D eigenvalue weighted by Crippen LogP contribution is 2.40. The molecule has 28 heavy (non-hydrogen) atoms. The number of halogens is 1. The highest BCUT2D eigenvalue weighted by atomic mass is 19.1. The molecule has 3 aromatic rings. The number of anilines is 1. The molecule has 1 aliphatic rings. The van der Waals surface area contributed by atoms with Crippen molar-refractivity contribution in [2.24, 2.45) is 0 Å². The van der Waals surface area contributed by atoms with Crippen molar-refractivity contribution >= 4 is 28.5 Å². The topological polar surface area (TPSA) is 68.3 Å². The van der Waals surface area contributed by atoms with Crippen molar-refractivity contribution in [2.75, 3.05) is 5.32 Å². The van der Waals surface area contributed by atoms with Crippen LogP contribution in [-0.4, -0.2) is 23.0 Å². The summed E-state index contributed by atoms with van der Waals surface area (Å²) in [5.41, 5.74) is 2.31. The lowest BCUT2D eigenvalue weighted by molar-refractivity contribution is -0.123. The smallest absolute Gasteiger partial charge is 0.339 e. The van der Waals surface area contributed by atoms with Crippen molar-refractivity contribution in [3.8, 4) is 0 Å². The average Bonchev–Trinajstić information content (AvgIpc) is 3.52. The monoisotopic (exact) mass is 378 g/mol. The highest BCUT2D eigenvalue weighted by molar-refractivity contribution is 6.05. The number of hydrogen-bond acceptors (Lipinski definition) is 4. The van der Waals surface area contributed by atoms with Crippen molar-refractivity contribution in [1.82, 2.24) is 4.98 Å². The Morgan fingerprint density at radius 3 is 2.68 bits per heavy atom. The molecule has 1 amide bonds. The maximum atomic E-state index is 13.3. The van der Waals surface area contributed by atoms with Gasteiger partial charge in [-0.25, -0.2) is 9.18 Å². The van der Waals surface area contributed by atoms with Crippen LogP contribution in [0.4, 0.5) is 10.1 Å². The van der Waals surface area contributed by atoms with E-state index in [0.717, 1.165) is 24.1 Å². The number of para-hydroxylation sites is 1. The summed E-state index contributed by atoms with van der Waals surface area (Å²) in [5.74, 6) is -1.19. The van der Waals surface area contributed by atoms with Gasteiger partial charge in [-0.05, 0) is 50.1 Å². The van der Waals surface area contributed by atoms with Crippen LogP contribution in [0.1, 0.15) is 41.7 Å². The van der Waals surface area contributed by atoms with Crippen LogP contribution in [0.15, 0.2) is 54.6 Å². The molecule has 1 heterocycles. The summed E-state index contributed by atoms with van der Waals surface area (Å²) in [6.45, 7) is 1.48. The van der Waals surface area contributed by atoms with E-state index in [1.54, 1.807) is 12.1 Å². The van der Waals surface area contributed by atoms with Gasteiger partial charge in [0.2, 0.25) is 0 Å². The molecule has 6 heteroatoms. The van der Waals surface area contributed by atoms with E-state index in [4.69, 9.17) is 4.74 Å². The van der Waals surface area contributed by atoms with Crippen molar-refractivity contribution in [3.05, 3.63) is 71.7 Å². The Morgan fingerprint density at radius 1 is 1.14 bits per heavy atom. The van der Waals surface area contributed by atoms with Crippen LogP contribution in [0.3, 0.4) is 0 Å². The molecule has 1 fully saturated rings. The molecule has 0 bridgehead atoms. The first kappa shape index (κ1) is 18.1. The zero-order valence-corrected chi connectivity index (χ0v) is 15.3. The molecule has 0 spiro atoms. The Balaban J connectivity index is 1.53. The first-order valence-electron chi connectivity index (χ1n) is 9.18. The number of hydrogen-bond donors (Lipinski definition) is 1. The second kappa shape index (κ2) is 7.38. The van der Waals surface area contributed by atoms with Crippen molar-refractivity contribution in [3.63, 3.8) is 0 Å². The molecule has 0 saturated heterocycles. The molecule has 0 radical (unpaired) electrons. The number of ether oxygens (including phenoxy) is 1. The first-order chi connectivity index (χ1) is 13.5.